The largest absolute Gasteiger partial charge is 0.459 e. The number of rotatable bonds is 6. The van der Waals surface area contributed by atoms with Crippen LogP contribution in [0.3, 0.4) is 0 Å². The van der Waals surface area contributed by atoms with E-state index in [4.69, 9.17) is 4.42 Å². The molecule has 0 saturated carbocycles. The highest BCUT2D eigenvalue weighted by molar-refractivity contribution is 6.01. The van der Waals surface area contributed by atoms with Crippen LogP contribution < -0.4 is 10.2 Å². The zero-order chi connectivity index (χ0) is 17.9. The van der Waals surface area contributed by atoms with Gasteiger partial charge in [-0.1, -0.05) is 18.2 Å². The van der Waals surface area contributed by atoms with Crippen LogP contribution in [-0.2, 0) is 24.3 Å². The van der Waals surface area contributed by atoms with E-state index in [1.165, 1.54) is 6.26 Å². The number of nitrogens with one attached hydrogen (secondary N) is 1. The van der Waals surface area contributed by atoms with Gasteiger partial charge >= 0.3 is 0 Å². The number of hydrogen-bond acceptors (Lipinski definition) is 3. The average molecular weight is 349 g/mol. The van der Waals surface area contributed by atoms with Crippen molar-refractivity contribution in [2.24, 2.45) is 0 Å². The Morgan fingerprint density at radius 1 is 1.12 bits per heavy atom. The molecule has 3 aromatic rings. The Morgan fingerprint density at radius 3 is 2.77 bits per heavy atom. The molecule has 0 atom stereocenters. The number of carbonyl (C=O) groups is 2. The maximum atomic E-state index is 12.4. The molecule has 0 spiro atoms. The van der Waals surface area contributed by atoms with Crippen LogP contribution in [0.2, 0.25) is 0 Å². The Hall–Kier alpha value is -3.28. The van der Waals surface area contributed by atoms with Crippen molar-refractivity contribution in [3.05, 3.63) is 78.0 Å². The summed E-state index contributed by atoms with van der Waals surface area (Å²) in [6.07, 6.45) is 5.77. The molecule has 0 radical (unpaired) electrons. The second-order valence-electron chi connectivity index (χ2n) is 6.24. The Labute approximate surface area is 151 Å². The summed E-state index contributed by atoms with van der Waals surface area (Å²) < 4.78 is 7.38. The second kappa shape index (κ2) is 6.92. The SMILES string of the molecule is O=C(NCCn1cccc1)c1occc1CN1C(=O)Cc2ccccc21. The van der Waals surface area contributed by atoms with E-state index in [2.05, 4.69) is 5.32 Å². The third-order valence-corrected chi connectivity index (χ3v) is 4.53. The number of benzene rings is 1. The smallest absolute Gasteiger partial charge is 0.287 e. The summed E-state index contributed by atoms with van der Waals surface area (Å²) in [4.78, 5) is 26.5. The summed E-state index contributed by atoms with van der Waals surface area (Å²) in [5, 5.41) is 2.86. The van der Waals surface area contributed by atoms with E-state index in [0.29, 0.717) is 31.6 Å². The summed E-state index contributed by atoms with van der Waals surface area (Å²) in [7, 11) is 0. The molecule has 4 rings (SSSR count). The quantitative estimate of drug-likeness (QED) is 0.744. The maximum Gasteiger partial charge on any atom is 0.287 e. The average Bonchev–Trinajstić information content (AvgIpc) is 3.37. The first-order valence-corrected chi connectivity index (χ1v) is 8.56. The fourth-order valence-corrected chi connectivity index (χ4v) is 3.22. The molecule has 0 unspecified atom stereocenters. The van der Waals surface area contributed by atoms with Gasteiger partial charge in [0.05, 0.1) is 19.2 Å². The summed E-state index contributed by atoms with van der Waals surface area (Å²) >= 11 is 0. The number of fused-ring (bicyclic) bond motifs is 1. The van der Waals surface area contributed by atoms with Crippen LogP contribution in [0.4, 0.5) is 5.69 Å². The minimum atomic E-state index is -0.267. The van der Waals surface area contributed by atoms with Crippen LogP contribution in [0.1, 0.15) is 21.7 Å². The highest BCUT2D eigenvalue weighted by Gasteiger charge is 2.28. The molecule has 0 aliphatic carbocycles. The van der Waals surface area contributed by atoms with E-state index in [1.807, 2.05) is 53.4 Å². The van der Waals surface area contributed by atoms with Crippen LogP contribution in [0, 0.1) is 0 Å². The number of furan rings is 1. The van der Waals surface area contributed by atoms with E-state index < -0.39 is 0 Å². The molecule has 6 heteroatoms. The fraction of sp³-hybridized carbons (Fsp3) is 0.200. The molecular weight excluding hydrogens is 330 g/mol. The molecular formula is C20H19N3O3. The normalized spacial score (nSPS) is 13.1. The highest BCUT2D eigenvalue weighted by Crippen LogP contribution is 2.30. The van der Waals surface area contributed by atoms with E-state index in [-0.39, 0.29) is 17.6 Å². The van der Waals surface area contributed by atoms with Crippen molar-refractivity contribution in [1.29, 1.82) is 0 Å². The van der Waals surface area contributed by atoms with E-state index >= 15 is 0 Å². The molecule has 0 saturated heterocycles. The van der Waals surface area contributed by atoms with E-state index in [0.717, 1.165) is 11.3 Å². The lowest BCUT2D eigenvalue weighted by atomic mass is 10.1. The number of amides is 2. The zero-order valence-electron chi connectivity index (χ0n) is 14.2. The topological polar surface area (TPSA) is 67.5 Å². The summed E-state index contributed by atoms with van der Waals surface area (Å²) in [6, 6.07) is 13.4. The first-order chi connectivity index (χ1) is 12.7. The van der Waals surface area contributed by atoms with Gasteiger partial charge in [-0.2, -0.15) is 0 Å². The Kier molecular flexibility index (Phi) is 4.31. The first kappa shape index (κ1) is 16.2. The van der Waals surface area contributed by atoms with Crippen LogP contribution in [0.15, 0.2) is 65.5 Å². The van der Waals surface area contributed by atoms with Gasteiger partial charge in [0.1, 0.15) is 0 Å². The number of nitrogens with zero attached hydrogens (tertiary/aromatic N) is 2. The lowest BCUT2D eigenvalue weighted by molar-refractivity contribution is -0.117. The molecule has 3 heterocycles. The van der Waals surface area contributed by atoms with Crippen LogP contribution in [-0.4, -0.2) is 22.9 Å². The molecule has 1 N–H and O–H groups in total. The lowest BCUT2D eigenvalue weighted by Crippen LogP contribution is -2.30. The molecule has 2 amide bonds. The predicted molar refractivity (Wildman–Crippen MR) is 96.8 cm³/mol. The predicted octanol–water partition coefficient (Wildman–Crippen LogP) is 2.60. The zero-order valence-corrected chi connectivity index (χ0v) is 14.2. The fourth-order valence-electron chi connectivity index (χ4n) is 3.22. The Balaban J connectivity index is 1.44. The minimum Gasteiger partial charge on any atom is -0.459 e. The van der Waals surface area contributed by atoms with Gasteiger partial charge in [0, 0.05) is 36.7 Å². The van der Waals surface area contributed by atoms with Gasteiger partial charge in [-0.25, -0.2) is 0 Å². The van der Waals surface area contributed by atoms with Crippen LogP contribution >= 0.6 is 0 Å². The first-order valence-electron chi connectivity index (χ1n) is 8.56. The van der Waals surface area contributed by atoms with Crippen molar-refractivity contribution in [2.45, 2.75) is 19.5 Å². The Bertz CT molecular complexity index is 927. The molecule has 0 bridgehead atoms. The van der Waals surface area contributed by atoms with Gasteiger partial charge in [0.15, 0.2) is 5.76 Å². The summed E-state index contributed by atoms with van der Waals surface area (Å²) in [5.41, 5.74) is 2.62. The molecule has 1 aromatic carbocycles. The third kappa shape index (κ3) is 3.13. The van der Waals surface area contributed by atoms with Crippen molar-refractivity contribution >= 4 is 17.5 Å². The second-order valence-corrected chi connectivity index (χ2v) is 6.24. The molecule has 132 valence electrons. The molecule has 26 heavy (non-hydrogen) atoms. The third-order valence-electron chi connectivity index (χ3n) is 4.53. The van der Waals surface area contributed by atoms with Crippen LogP contribution in [0.5, 0.6) is 0 Å². The summed E-state index contributed by atoms with van der Waals surface area (Å²) in [5.74, 6) is 0.0261. The van der Waals surface area contributed by atoms with Gasteiger partial charge in [0.2, 0.25) is 5.91 Å². The molecule has 6 nitrogen and oxygen atoms in total. The number of hydrogen-bond donors (Lipinski definition) is 1. The van der Waals surface area contributed by atoms with Crippen molar-refractivity contribution in [3.8, 4) is 0 Å². The van der Waals surface area contributed by atoms with E-state index in [9.17, 15) is 9.59 Å². The lowest BCUT2D eigenvalue weighted by Gasteiger charge is -2.17. The Morgan fingerprint density at radius 2 is 1.92 bits per heavy atom. The van der Waals surface area contributed by atoms with Gasteiger partial charge in [-0.05, 0) is 29.8 Å². The van der Waals surface area contributed by atoms with Gasteiger partial charge in [0.25, 0.3) is 5.91 Å². The molecule has 1 aliphatic rings. The summed E-state index contributed by atoms with van der Waals surface area (Å²) in [6.45, 7) is 1.51. The standard InChI is InChI=1S/C20H19N3O3/c24-18-13-15-5-1-2-6-17(15)23(18)14-16-7-12-26-19(16)20(25)21-8-11-22-9-3-4-10-22/h1-7,9-10,12H,8,11,13-14H2,(H,21,25). The number of aromatic nitrogens is 1. The van der Waals surface area contributed by atoms with Gasteiger partial charge < -0.3 is 19.2 Å². The van der Waals surface area contributed by atoms with Crippen molar-refractivity contribution in [3.63, 3.8) is 0 Å². The number of anilines is 1. The van der Waals surface area contributed by atoms with E-state index in [1.54, 1.807) is 11.0 Å². The highest BCUT2D eigenvalue weighted by atomic mass is 16.3. The minimum absolute atomic E-state index is 0.0337. The monoisotopic (exact) mass is 349 g/mol. The van der Waals surface area contributed by atoms with Crippen molar-refractivity contribution < 1.29 is 14.0 Å². The molecule has 2 aromatic heterocycles. The number of para-hydroxylation sites is 1. The number of carbonyl (C=O) groups excluding carboxylic acids is 2. The van der Waals surface area contributed by atoms with Gasteiger partial charge in [-0.15, -0.1) is 0 Å². The molecule has 1 aliphatic heterocycles. The molecule has 0 fully saturated rings. The van der Waals surface area contributed by atoms with Crippen LogP contribution in [0.25, 0.3) is 0 Å². The van der Waals surface area contributed by atoms with Crippen molar-refractivity contribution in [2.75, 3.05) is 11.4 Å². The van der Waals surface area contributed by atoms with Crippen molar-refractivity contribution in [1.82, 2.24) is 9.88 Å². The maximum absolute atomic E-state index is 12.4. The van der Waals surface area contributed by atoms with Gasteiger partial charge in [-0.3, -0.25) is 9.59 Å².